The smallest absolute Gasteiger partial charge is 0.102 e. The molecule has 0 saturated heterocycles. The van der Waals surface area contributed by atoms with Gasteiger partial charge in [0, 0.05) is 10.4 Å². The van der Waals surface area contributed by atoms with Crippen molar-refractivity contribution in [2.45, 2.75) is 32.6 Å². The Hall–Kier alpha value is -2.03. The molecule has 0 bridgehead atoms. The van der Waals surface area contributed by atoms with Crippen molar-refractivity contribution in [1.82, 2.24) is 0 Å². The summed E-state index contributed by atoms with van der Waals surface area (Å²) < 4.78 is 0. The molecule has 20 heavy (non-hydrogen) atoms. The van der Waals surface area contributed by atoms with Crippen molar-refractivity contribution in [3.63, 3.8) is 0 Å². The van der Waals surface area contributed by atoms with Crippen LogP contribution in [0.15, 0.2) is 24.3 Å². The molecule has 1 aliphatic rings. The van der Waals surface area contributed by atoms with Crippen molar-refractivity contribution in [2.24, 2.45) is 0 Å². The fourth-order valence-corrected chi connectivity index (χ4v) is 3.80. The molecular formula is C18H15NS. The highest BCUT2D eigenvalue weighted by Gasteiger charge is 2.19. The Labute approximate surface area is 123 Å². The van der Waals surface area contributed by atoms with Gasteiger partial charge in [0.05, 0.1) is 10.4 Å². The Morgan fingerprint density at radius 1 is 1.10 bits per heavy atom. The number of hydrogen-bond acceptors (Lipinski definition) is 2. The summed E-state index contributed by atoms with van der Waals surface area (Å²) in [6, 6.07) is 10.5. The first kappa shape index (κ1) is 13.0. The van der Waals surface area contributed by atoms with Crippen molar-refractivity contribution >= 4 is 11.3 Å². The van der Waals surface area contributed by atoms with Crippen LogP contribution in [-0.4, -0.2) is 0 Å². The largest absolute Gasteiger partial charge is 0.192 e. The van der Waals surface area contributed by atoms with Gasteiger partial charge in [0.1, 0.15) is 6.07 Å². The van der Waals surface area contributed by atoms with E-state index in [0.717, 1.165) is 28.8 Å². The average molecular weight is 277 g/mol. The lowest BCUT2D eigenvalue weighted by Crippen LogP contribution is -1.99. The third-order valence-corrected chi connectivity index (χ3v) is 4.95. The van der Waals surface area contributed by atoms with Crippen LogP contribution in [0, 0.1) is 30.1 Å². The van der Waals surface area contributed by atoms with E-state index in [1.165, 1.54) is 28.8 Å². The average Bonchev–Trinajstić information content (AvgIpc) is 2.84. The highest BCUT2D eigenvalue weighted by molar-refractivity contribution is 7.13. The first-order valence-electron chi connectivity index (χ1n) is 6.92. The van der Waals surface area contributed by atoms with E-state index in [2.05, 4.69) is 30.9 Å². The molecule has 1 aliphatic carbocycles. The second-order valence-corrected chi connectivity index (χ2v) is 6.20. The van der Waals surface area contributed by atoms with Crippen LogP contribution < -0.4 is 0 Å². The van der Waals surface area contributed by atoms with Gasteiger partial charge in [-0.15, -0.1) is 11.3 Å². The van der Waals surface area contributed by atoms with E-state index >= 15 is 0 Å². The molecule has 2 aromatic rings. The zero-order valence-electron chi connectivity index (χ0n) is 11.5. The maximum Gasteiger partial charge on any atom is 0.102 e. The fraction of sp³-hybridized carbons (Fsp3) is 0.278. The number of aryl methyl sites for hydroxylation is 2. The lowest BCUT2D eigenvalue weighted by Gasteiger charge is -2.09. The van der Waals surface area contributed by atoms with Crippen LogP contribution in [0.2, 0.25) is 0 Å². The number of hydrogen-bond donors (Lipinski definition) is 0. The molecule has 0 saturated carbocycles. The normalized spacial score (nSPS) is 13.0. The van der Waals surface area contributed by atoms with Crippen LogP contribution in [0.4, 0.5) is 0 Å². The second-order valence-electron chi connectivity index (χ2n) is 5.09. The minimum absolute atomic E-state index is 0.825. The van der Waals surface area contributed by atoms with Crippen LogP contribution in [-0.2, 0) is 12.8 Å². The van der Waals surface area contributed by atoms with Gasteiger partial charge in [-0.1, -0.05) is 24.1 Å². The molecule has 1 heterocycles. The van der Waals surface area contributed by atoms with E-state index in [1.54, 1.807) is 11.3 Å². The molecule has 0 atom stereocenters. The zero-order chi connectivity index (χ0) is 13.9. The van der Waals surface area contributed by atoms with E-state index < -0.39 is 0 Å². The molecule has 0 amide bonds. The third-order valence-electron chi connectivity index (χ3n) is 3.74. The number of fused-ring (bicyclic) bond motifs is 1. The Bertz CT molecular complexity index is 750. The van der Waals surface area contributed by atoms with E-state index in [-0.39, 0.29) is 0 Å². The highest BCUT2D eigenvalue weighted by Crippen LogP contribution is 2.33. The van der Waals surface area contributed by atoms with E-state index in [0.29, 0.717) is 0 Å². The predicted molar refractivity (Wildman–Crippen MR) is 82.8 cm³/mol. The van der Waals surface area contributed by atoms with Crippen LogP contribution in [0.5, 0.6) is 0 Å². The molecule has 0 N–H and O–H groups in total. The van der Waals surface area contributed by atoms with E-state index in [4.69, 9.17) is 0 Å². The van der Waals surface area contributed by atoms with Gasteiger partial charge in [0.2, 0.25) is 0 Å². The molecule has 2 heteroatoms. The van der Waals surface area contributed by atoms with Crippen molar-refractivity contribution in [2.75, 3.05) is 0 Å². The van der Waals surface area contributed by atoms with Gasteiger partial charge in [-0.25, -0.2) is 0 Å². The highest BCUT2D eigenvalue weighted by atomic mass is 32.1. The van der Waals surface area contributed by atoms with Crippen molar-refractivity contribution in [3.05, 3.63) is 56.3 Å². The number of nitrogens with zero attached hydrogens (tertiary/aromatic N) is 1. The minimum Gasteiger partial charge on any atom is -0.192 e. The van der Waals surface area contributed by atoms with Crippen LogP contribution in [0.3, 0.4) is 0 Å². The molecule has 0 fully saturated rings. The van der Waals surface area contributed by atoms with Gasteiger partial charge in [0.25, 0.3) is 0 Å². The van der Waals surface area contributed by atoms with Crippen molar-refractivity contribution in [3.8, 4) is 17.9 Å². The number of benzene rings is 1. The molecule has 98 valence electrons. The number of rotatable bonds is 0. The van der Waals surface area contributed by atoms with Gasteiger partial charge in [0.15, 0.2) is 0 Å². The van der Waals surface area contributed by atoms with Gasteiger partial charge >= 0.3 is 0 Å². The van der Waals surface area contributed by atoms with Crippen LogP contribution in [0.25, 0.3) is 0 Å². The van der Waals surface area contributed by atoms with Gasteiger partial charge in [-0.2, -0.15) is 5.26 Å². The monoisotopic (exact) mass is 277 g/mol. The summed E-state index contributed by atoms with van der Waals surface area (Å²) in [7, 11) is 0. The first-order chi connectivity index (χ1) is 9.79. The lowest BCUT2D eigenvalue weighted by atomic mass is 9.95. The van der Waals surface area contributed by atoms with Crippen LogP contribution in [0.1, 0.15) is 44.8 Å². The molecule has 1 aromatic carbocycles. The molecule has 1 nitrogen and oxygen atoms in total. The maximum atomic E-state index is 9.40. The first-order valence-corrected chi connectivity index (χ1v) is 7.73. The SMILES string of the molecule is Cc1ccccc1C#Cc1sc2c(c1C#N)CCCC2. The molecule has 1 aromatic heterocycles. The predicted octanol–water partition coefficient (Wildman–Crippen LogP) is 4.21. The summed E-state index contributed by atoms with van der Waals surface area (Å²) in [6.45, 7) is 2.06. The fourth-order valence-electron chi connectivity index (χ4n) is 2.61. The Morgan fingerprint density at radius 2 is 1.90 bits per heavy atom. The minimum atomic E-state index is 0.825. The maximum absolute atomic E-state index is 9.40. The summed E-state index contributed by atoms with van der Waals surface area (Å²) in [6.07, 6.45) is 4.59. The Morgan fingerprint density at radius 3 is 2.70 bits per heavy atom. The number of thiophene rings is 1. The molecule has 0 spiro atoms. The third kappa shape index (κ3) is 2.36. The molecule has 0 radical (unpaired) electrons. The molecular weight excluding hydrogens is 262 g/mol. The van der Waals surface area contributed by atoms with Gasteiger partial charge in [-0.3, -0.25) is 0 Å². The van der Waals surface area contributed by atoms with Crippen molar-refractivity contribution < 1.29 is 0 Å². The van der Waals surface area contributed by atoms with E-state index in [9.17, 15) is 5.26 Å². The quantitative estimate of drug-likeness (QED) is 0.662. The summed E-state index contributed by atoms with van der Waals surface area (Å²) in [4.78, 5) is 2.32. The Kier molecular flexibility index (Phi) is 3.59. The number of nitriles is 1. The van der Waals surface area contributed by atoms with Gasteiger partial charge in [-0.05, 0) is 55.7 Å². The van der Waals surface area contributed by atoms with Crippen molar-refractivity contribution in [1.29, 1.82) is 5.26 Å². The topological polar surface area (TPSA) is 23.8 Å². The summed E-state index contributed by atoms with van der Waals surface area (Å²) in [5.41, 5.74) is 4.31. The summed E-state index contributed by atoms with van der Waals surface area (Å²) in [5, 5.41) is 9.40. The zero-order valence-corrected chi connectivity index (χ0v) is 12.3. The second kappa shape index (κ2) is 5.53. The van der Waals surface area contributed by atoms with Gasteiger partial charge < -0.3 is 0 Å². The summed E-state index contributed by atoms with van der Waals surface area (Å²) >= 11 is 1.72. The standard InChI is InChI=1S/C18H15NS/c1-13-6-2-3-7-14(13)10-11-18-16(12-19)15-8-4-5-9-17(15)20-18/h2-3,6-7H,4-5,8-9H2,1H3. The Balaban J connectivity index is 2.03. The molecule has 3 rings (SSSR count). The lowest BCUT2D eigenvalue weighted by molar-refractivity contribution is 0.696. The van der Waals surface area contributed by atoms with E-state index in [1.807, 2.05) is 18.2 Å². The van der Waals surface area contributed by atoms with Crippen LogP contribution >= 0.6 is 11.3 Å². The summed E-state index contributed by atoms with van der Waals surface area (Å²) in [5.74, 6) is 6.45. The molecule has 0 unspecified atom stereocenters. The molecule has 0 aliphatic heterocycles.